The fourth-order valence-electron chi connectivity index (χ4n) is 4.20. The lowest BCUT2D eigenvalue weighted by Gasteiger charge is -2.43. The van der Waals surface area contributed by atoms with E-state index in [0.29, 0.717) is 54.2 Å². The maximum atomic E-state index is 12.9. The molecule has 0 unspecified atom stereocenters. The normalized spacial score (nSPS) is 12.5. The van der Waals surface area contributed by atoms with E-state index in [1.165, 1.54) is 0 Å². The third kappa shape index (κ3) is 14.5. The SMILES string of the molecule is C[Si](C)(C)O[Si](CCCNC(=O)OC(COc1ccccc1C=O)COc1ccccc1C=O)(O[Si](C)(C)C)O[Si](C)(C)C. The molecule has 0 saturated carbocycles. The number of amides is 1. The summed E-state index contributed by atoms with van der Waals surface area (Å²) in [6.45, 7) is 19.4. The van der Waals surface area contributed by atoms with Gasteiger partial charge in [0, 0.05) is 12.6 Å². The van der Waals surface area contributed by atoms with Crippen molar-refractivity contribution in [1.82, 2.24) is 5.32 Å². The smallest absolute Gasteiger partial charge is 0.469 e. The number of rotatable bonds is 19. The zero-order valence-corrected chi connectivity index (χ0v) is 31.6. The molecular weight excluding hydrogens is 631 g/mol. The van der Waals surface area contributed by atoms with Gasteiger partial charge in [0.1, 0.15) is 24.7 Å². The molecular formula is C30H49NO9Si4. The number of para-hydroxylation sites is 2. The van der Waals surface area contributed by atoms with E-state index in [1.807, 2.05) is 0 Å². The molecule has 10 nitrogen and oxygen atoms in total. The molecule has 0 heterocycles. The summed E-state index contributed by atoms with van der Waals surface area (Å²) in [7, 11) is -9.06. The van der Waals surface area contributed by atoms with Crippen LogP contribution in [-0.2, 0) is 17.1 Å². The van der Waals surface area contributed by atoms with Gasteiger partial charge in [-0.25, -0.2) is 4.79 Å². The van der Waals surface area contributed by atoms with Gasteiger partial charge < -0.3 is 31.9 Å². The molecule has 2 aromatic rings. The summed E-state index contributed by atoms with van der Waals surface area (Å²) < 4.78 is 37.5. The number of benzene rings is 2. The average molecular weight is 680 g/mol. The Morgan fingerprint density at radius 2 is 1.11 bits per heavy atom. The number of ether oxygens (including phenoxy) is 3. The number of hydrogen-bond acceptors (Lipinski definition) is 9. The third-order valence-corrected chi connectivity index (χ3v) is 17.6. The lowest BCUT2D eigenvalue weighted by Crippen LogP contribution is -2.60. The highest BCUT2D eigenvalue weighted by atomic mass is 28.5. The van der Waals surface area contributed by atoms with E-state index in [4.69, 9.17) is 26.6 Å². The van der Waals surface area contributed by atoms with Gasteiger partial charge >= 0.3 is 14.9 Å². The van der Waals surface area contributed by atoms with Crippen LogP contribution in [0.2, 0.25) is 65.0 Å². The van der Waals surface area contributed by atoms with Gasteiger partial charge in [0.25, 0.3) is 0 Å². The second kappa shape index (κ2) is 16.6. The Hall–Kier alpha value is -2.60. The molecule has 244 valence electrons. The number of hydrogen-bond donors (Lipinski definition) is 1. The van der Waals surface area contributed by atoms with E-state index < -0.39 is 46.0 Å². The molecule has 1 amide bonds. The second-order valence-corrected chi connectivity index (χ2v) is 30.3. The first-order valence-electron chi connectivity index (χ1n) is 14.8. The Morgan fingerprint density at radius 1 is 0.705 bits per heavy atom. The molecule has 2 rings (SSSR count). The Morgan fingerprint density at radius 3 is 1.50 bits per heavy atom. The standard InChI is InChI=1S/C30H49NO9Si4/c1-41(2,3)38-44(39-42(4,5)6,40-43(7,8)9)20-14-19-31-30(34)37-27(23-35-28-17-12-10-15-25(28)21-32)24-36-29-18-13-11-16-26(29)22-33/h10-13,15-18,21-22,27H,14,19-20,23-24H2,1-9H3,(H,31,34). The molecule has 0 spiro atoms. The molecule has 0 fully saturated rings. The van der Waals surface area contributed by atoms with E-state index in [1.54, 1.807) is 48.5 Å². The molecule has 0 bridgehead atoms. The first kappa shape index (κ1) is 37.6. The highest BCUT2D eigenvalue weighted by molar-refractivity contribution is 6.90. The van der Waals surface area contributed by atoms with Crippen molar-refractivity contribution >= 4 is 52.4 Å². The maximum absolute atomic E-state index is 12.9. The number of nitrogens with one attached hydrogen (secondary N) is 1. The summed E-state index contributed by atoms with van der Waals surface area (Å²) in [6.07, 6.45) is 0.481. The van der Waals surface area contributed by atoms with Crippen molar-refractivity contribution in [1.29, 1.82) is 0 Å². The molecule has 0 atom stereocenters. The van der Waals surface area contributed by atoms with Crippen LogP contribution in [0.25, 0.3) is 0 Å². The molecule has 0 saturated heterocycles. The van der Waals surface area contributed by atoms with Crippen molar-refractivity contribution in [2.24, 2.45) is 0 Å². The lowest BCUT2D eigenvalue weighted by atomic mass is 10.2. The highest BCUT2D eigenvalue weighted by Gasteiger charge is 2.49. The summed E-state index contributed by atoms with van der Waals surface area (Å²) in [4.78, 5) is 35.8. The minimum absolute atomic E-state index is 0.0737. The number of aldehydes is 2. The van der Waals surface area contributed by atoms with Gasteiger partial charge in [-0.1, -0.05) is 24.3 Å². The van der Waals surface area contributed by atoms with Gasteiger partial charge in [-0.15, -0.1) is 0 Å². The van der Waals surface area contributed by atoms with Crippen LogP contribution in [0.5, 0.6) is 11.5 Å². The minimum atomic E-state index is -3.03. The Kier molecular flexibility index (Phi) is 14.2. The molecule has 2 aromatic carbocycles. The Labute approximate surface area is 266 Å². The van der Waals surface area contributed by atoms with Crippen molar-refractivity contribution in [2.45, 2.75) is 77.5 Å². The van der Waals surface area contributed by atoms with Crippen molar-refractivity contribution in [3.8, 4) is 11.5 Å². The second-order valence-electron chi connectivity index (χ2n) is 13.3. The van der Waals surface area contributed by atoms with Gasteiger partial charge in [0.15, 0.2) is 43.6 Å². The van der Waals surface area contributed by atoms with Crippen LogP contribution >= 0.6 is 0 Å². The van der Waals surface area contributed by atoms with E-state index in [-0.39, 0.29) is 13.2 Å². The number of alkyl carbamates (subject to hydrolysis) is 1. The van der Waals surface area contributed by atoms with E-state index in [0.717, 1.165) is 0 Å². The predicted octanol–water partition coefficient (Wildman–Crippen LogP) is 6.75. The molecule has 1 N–H and O–H groups in total. The first-order valence-corrected chi connectivity index (χ1v) is 27.0. The summed E-state index contributed by atoms with van der Waals surface area (Å²) in [5.74, 6) is 0.719. The first-order chi connectivity index (χ1) is 20.4. The van der Waals surface area contributed by atoms with Crippen LogP contribution in [0.3, 0.4) is 0 Å². The van der Waals surface area contributed by atoms with Crippen molar-refractivity contribution in [3.63, 3.8) is 0 Å². The predicted molar refractivity (Wildman–Crippen MR) is 181 cm³/mol. The summed E-state index contributed by atoms with van der Waals surface area (Å²) in [5, 5.41) is 2.82. The van der Waals surface area contributed by atoms with Crippen molar-refractivity contribution in [3.05, 3.63) is 59.7 Å². The van der Waals surface area contributed by atoms with Crippen LogP contribution in [0.4, 0.5) is 4.79 Å². The molecule has 0 aliphatic heterocycles. The zero-order chi connectivity index (χ0) is 33.0. The Balaban J connectivity index is 2.10. The summed E-state index contributed by atoms with van der Waals surface area (Å²) in [6, 6.07) is 14.1. The van der Waals surface area contributed by atoms with Gasteiger partial charge in [0.2, 0.25) is 0 Å². The van der Waals surface area contributed by atoms with Gasteiger partial charge in [0.05, 0.1) is 11.1 Å². The lowest BCUT2D eigenvalue weighted by molar-refractivity contribution is 0.0352. The summed E-state index contributed by atoms with van der Waals surface area (Å²) in [5.41, 5.74) is 0.745. The number of carbonyl (C=O) groups is 3. The molecule has 14 heteroatoms. The topological polar surface area (TPSA) is 119 Å². The van der Waals surface area contributed by atoms with E-state index in [2.05, 4.69) is 64.2 Å². The largest absolute Gasteiger partial charge is 0.489 e. The van der Waals surface area contributed by atoms with E-state index in [9.17, 15) is 14.4 Å². The molecule has 44 heavy (non-hydrogen) atoms. The zero-order valence-electron chi connectivity index (χ0n) is 27.6. The molecule has 0 aromatic heterocycles. The van der Waals surface area contributed by atoms with Gasteiger partial charge in [-0.05, 0) is 89.6 Å². The average Bonchev–Trinajstić information content (AvgIpc) is 2.90. The molecule has 0 aliphatic carbocycles. The molecule has 0 aliphatic rings. The summed E-state index contributed by atoms with van der Waals surface area (Å²) >= 11 is 0. The molecule has 0 radical (unpaired) electrons. The van der Waals surface area contributed by atoms with Crippen molar-refractivity contribution < 1.29 is 40.9 Å². The van der Waals surface area contributed by atoms with Gasteiger partial charge in [-0.3, -0.25) is 9.59 Å². The fraction of sp³-hybridized carbons (Fsp3) is 0.500. The van der Waals surface area contributed by atoms with E-state index >= 15 is 0 Å². The van der Waals surface area contributed by atoms with Crippen LogP contribution in [0, 0.1) is 0 Å². The van der Waals surface area contributed by atoms with Crippen LogP contribution in [0.1, 0.15) is 27.1 Å². The monoisotopic (exact) mass is 679 g/mol. The third-order valence-electron chi connectivity index (χ3n) is 5.53. The van der Waals surface area contributed by atoms with Crippen LogP contribution in [0.15, 0.2) is 48.5 Å². The number of carbonyl (C=O) groups excluding carboxylic acids is 3. The fourth-order valence-corrected chi connectivity index (χ4v) is 18.9. The minimum Gasteiger partial charge on any atom is -0.489 e. The quantitative estimate of drug-likeness (QED) is 0.0977. The Bertz CT molecular complexity index is 1130. The van der Waals surface area contributed by atoms with Crippen LogP contribution < -0.4 is 14.8 Å². The maximum Gasteiger partial charge on any atom is 0.469 e. The highest BCUT2D eigenvalue weighted by Crippen LogP contribution is 2.30. The van der Waals surface area contributed by atoms with Crippen LogP contribution in [-0.4, -0.2) is 78.3 Å². The van der Waals surface area contributed by atoms with Gasteiger partial charge in [-0.2, -0.15) is 0 Å². The van der Waals surface area contributed by atoms with Crippen molar-refractivity contribution in [2.75, 3.05) is 19.8 Å².